The van der Waals surface area contributed by atoms with Gasteiger partial charge < -0.3 is 10.3 Å². The van der Waals surface area contributed by atoms with E-state index in [0.29, 0.717) is 0 Å². The third-order valence-electron chi connectivity index (χ3n) is 2.06. The molecule has 3 N–H and O–H groups in total. The molecule has 0 saturated heterocycles. The first-order valence-electron chi connectivity index (χ1n) is 4.89. The Morgan fingerprint density at radius 2 is 2.11 bits per heavy atom. The lowest BCUT2D eigenvalue weighted by Crippen LogP contribution is -2.37. The standard InChI is InChI=1S/C8H13F3N4O2S/c1-5(3-8(9,10)11)14-18(16,17)7-6(12)13-4-15(7)2/h4-5,14H,3,12H2,1-2H3. The fourth-order valence-corrected chi connectivity index (χ4v) is 2.95. The number of imidazole rings is 1. The van der Waals surface area contributed by atoms with Crippen LogP contribution in [0.15, 0.2) is 11.4 Å². The summed E-state index contributed by atoms with van der Waals surface area (Å²) >= 11 is 0. The van der Waals surface area contributed by atoms with Crippen molar-refractivity contribution >= 4 is 15.8 Å². The summed E-state index contributed by atoms with van der Waals surface area (Å²) in [5.74, 6) is -0.260. The first-order chi connectivity index (χ1) is 8.03. The normalized spacial score (nSPS) is 14.7. The molecule has 0 aliphatic heterocycles. The number of nitrogens with two attached hydrogens (primary N) is 1. The van der Waals surface area contributed by atoms with Gasteiger partial charge in [-0.3, -0.25) is 0 Å². The summed E-state index contributed by atoms with van der Waals surface area (Å²) < 4.78 is 63.0. The number of nitrogen functional groups attached to an aromatic ring is 1. The number of aryl methyl sites for hydroxylation is 1. The molecule has 0 fully saturated rings. The van der Waals surface area contributed by atoms with E-state index in [1.807, 2.05) is 4.72 Å². The molecule has 0 aliphatic carbocycles. The second kappa shape index (κ2) is 4.76. The highest BCUT2D eigenvalue weighted by Crippen LogP contribution is 2.23. The summed E-state index contributed by atoms with van der Waals surface area (Å²) in [4.78, 5) is 3.56. The van der Waals surface area contributed by atoms with Gasteiger partial charge in [-0.2, -0.15) is 13.2 Å². The molecule has 0 amide bonds. The van der Waals surface area contributed by atoms with Crippen LogP contribution in [0.5, 0.6) is 0 Å². The number of hydrogen-bond donors (Lipinski definition) is 2. The maximum atomic E-state index is 12.1. The Morgan fingerprint density at radius 1 is 1.56 bits per heavy atom. The summed E-state index contributed by atoms with van der Waals surface area (Å²) in [6.45, 7) is 1.12. The lowest BCUT2D eigenvalue weighted by Gasteiger charge is -2.16. The summed E-state index contributed by atoms with van der Waals surface area (Å²) in [7, 11) is -2.74. The number of alkyl halides is 3. The molecule has 18 heavy (non-hydrogen) atoms. The van der Waals surface area contributed by atoms with Crippen LogP contribution in [0.3, 0.4) is 0 Å². The minimum Gasteiger partial charge on any atom is -0.381 e. The highest BCUT2D eigenvalue weighted by atomic mass is 32.2. The third-order valence-corrected chi connectivity index (χ3v) is 3.78. The van der Waals surface area contributed by atoms with Crippen molar-refractivity contribution in [1.29, 1.82) is 0 Å². The molecule has 0 aromatic carbocycles. The molecule has 0 saturated carbocycles. The highest BCUT2D eigenvalue weighted by molar-refractivity contribution is 7.89. The smallest absolute Gasteiger partial charge is 0.381 e. The van der Waals surface area contributed by atoms with Gasteiger partial charge in [-0.25, -0.2) is 18.1 Å². The maximum absolute atomic E-state index is 12.1. The molecule has 1 unspecified atom stereocenters. The monoisotopic (exact) mass is 286 g/mol. The molecule has 104 valence electrons. The number of aromatic nitrogens is 2. The molecule has 0 aliphatic rings. The summed E-state index contributed by atoms with van der Waals surface area (Å²) in [6, 6.07) is -1.29. The summed E-state index contributed by atoms with van der Waals surface area (Å²) in [5, 5.41) is -0.350. The van der Waals surface area contributed by atoms with Crippen molar-refractivity contribution in [3.8, 4) is 0 Å². The number of hydrogen-bond acceptors (Lipinski definition) is 4. The number of nitrogens with zero attached hydrogens (tertiary/aromatic N) is 2. The molecule has 0 bridgehead atoms. The van der Waals surface area contributed by atoms with Crippen molar-refractivity contribution in [1.82, 2.24) is 14.3 Å². The van der Waals surface area contributed by atoms with Crippen LogP contribution in [0.2, 0.25) is 0 Å². The van der Waals surface area contributed by atoms with Crippen LogP contribution >= 0.6 is 0 Å². The number of anilines is 1. The molecule has 1 atom stereocenters. The highest BCUT2D eigenvalue weighted by Gasteiger charge is 2.33. The van der Waals surface area contributed by atoms with Gasteiger partial charge in [-0.1, -0.05) is 0 Å². The lowest BCUT2D eigenvalue weighted by atomic mass is 10.2. The Bertz CT molecular complexity index is 503. The average molecular weight is 286 g/mol. The van der Waals surface area contributed by atoms with Crippen LogP contribution in [0.1, 0.15) is 13.3 Å². The van der Waals surface area contributed by atoms with Gasteiger partial charge in [0.05, 0.1) is 12.7 Å². The predicted molar refractivity (Wildman–Crippen MR) is 58.1 cm³/mol. The number of sulfonamides is 1. The SMILES string of the molecule is CC(CC(F)(F)F)NS(=O)(=O)c1c(N)ncn1C. The van der Waals surface area contributed by atoms with Gasteiger partial charge in [0, 0.05) is 13.1 Å². The topological polar surface area (TPSA) is 90.0 Å². The van der Waals surface area contributed by atoms with Crippen LogP contribution in [-0.4, -0.2) is 30.2 Å². The van der Waals surface area contributed by atoms with Gasteiger partial charge in [0.15, 0.2) is 10.8 Å². The van der Waals surface area contributed by atoms with Crippen molar-refractivity contribution in [2.75, 3.05) is 5.73 Å². The molecule has 1 aromatic rings. The number of nitrogens with one attached hydrogen (secondary N) is 1. The van der Waals surface area contributed by atoms with Crippen LogP contribution in [-0.2, 0) is 17.1 Å². The molecular formula is C8H13F3N4O2S. The molecule has 0 radical (unpaired) electrons. The summed E-state index contributed by atoms with van der Waals surface area (Å²) in [5.41, 5.74) is 5.36. The van der Waals surface area contributed by atoms with E-state index in [4.69, 9.17) is 5.73 Å². The Labute approximate surface area is 102 Å². The first kappa shape index (κ1) is 14.8. The zero-order valence-corrected chi connectivity index (χ0v) is 10.5. The van der Waals surface area contributed by atoms with Gasteiger partial charge in [0.1, 0.15) is 0 Å². The first-order valence-corrected chi connectivity index (χ1v) is 6.37. The van der Waals surface area contributed by atoms with Crippen LogP contribution in [0.4, 0.5) is 19.0 Å². The molecule has 10 heteroatoms. The Kier molecular flexibility index (Phi) is 3.91. The van der Waals surface area contributed by atoms with E-state index >= 15 is 0 Å². The van der Waals surface area contributed by atoms with E-state index < -0.39 is 28.7 Å². The Balaban J connectivity index is 2.90. The Morgan fingerprint density at radius 3 is 2.50 bits per heavy atom. The molecule has 1 rings (SSSR count). The lowest BCUT2D eigenvalue weighted by molar-refractivity contribution is -0.137. The molecule has 0 spiro atoms. The fourth-order valence-electron chi connectivity index (χ4n) is 1.47. The van der Waals surface area contributed by atoms with E-state index in [2.05, 4.69) is 4.98 Å². The maximum Gasteiger partial charge on any atom is 0.390 e. The average Bonchev–Trinajstić information content (AvgIpc) is 2.41. The van der Waals surface area contributed by atoms with E-state index in [0.717, 1.165) is 11.5 Å². The number of halogens is 3. The molecular weight excluding hydrogens is 273 g/mol. The molecule has 6 nitrogen and oxygen atoms in total. The number of rotatable bonds is 4. The van der Waals surface area contributed by atoms with Gasteiger partial charge in [0.2, 0.25) is 0 Å². The minimum absolute atomic E-state index is 0.260. The van der Waals surface area contributed by atoms with Gasteiger partial charge in [-0.05, 0) is 6.92 Å². The van der Waals surface area contributed by atoms with Crippen molar-refractivity contribution in [3.05, 3.63) is 6.33 Å². The zero-order chi connectivity index (χ0) is 14.1. The second-order valence-electron chi connectivity index (χ2n) is 3.89. The quantitative estimate of drug-likeness (QED) is 0.849. The molecule has 1 heterocycles. The van der Waals surface area contributed by atoms with Crippen molar-refractivity contribution in [2.45, 2.75) is 30.6 Å². The van der Waals surface area contributed by atoms with Crippen molar-refractivity contribution in [2.24, 2.45) is 7.05 Å². The van der Waals surface area contributed by atoms with Gasteiger partial charge in [-0.15, -0.1) is 0 Å². The van der Waals surface area contributed by atoms with Crippen LogP contribution in [0.25, 0.3) is 0 Å². The largest absolute Gasteiger partial charge is 0.390 e. The van der Waals surface area contributed by atoms with Crippen LogP contribution < -0.4 is 10.5 Å². The van der Waals surface area contributed by atoms with E-state index in [1.165, 1.54) is 13.4 Å². The minimum atomic E-state index is -4.44. The van der Waals surface area contributed by atoms with E-state index in [9.17, 15) is 21.6 Å². The predicted octanol–water partition coefficient (Wildman–Crippen LogP) is 0.622. The fraction of sp³-hybridized carbons (Fsp3) is 0.625. The van der Waals surface area contributed by atoms with Gasteiger partial charge >= 0.3 is 6.18 Å². The second-order valence-corrected chi connectivity index (χ2v) is 5.52. The van der Waals surface area contributed by atoms with E-state index in [-0.39, 0.29) is 10.8 Å². The van der Waals surface area contributed by atoms with Crippen LogP contribution in [0, 0.1) is 0 Å². The Hall–Kier alpha value is -1.29. The van der Waals surface area contributed by atoms with Crippen molar-refractivity contribution < 1.29 is 21.6 Å². The summed E-state index contributed by atoms with van der Waals surface area (Å²) in [6.07, 6.45) is -4.54. The van der Waals surface area contributed by atoms with E-state index in [1.54, 1.807) is 0 Å². The van der Waals surface area contributed by atoms with Crippen molar-refractivity contribution in [3.63, 3.8) is 0 Å². The van der Waals surface area contributed by atoms with Gasteiger partial charge in [0.25, 0.3) is 10.0 Å². The zero-order valence-electron chi connectivity index (χ0n) is 9.69. The third kappa shape index (κ3) is 3.60. The molecule has 1 aromatic heterocycles.